The van der Waals surface area contributed by atoms with Crippen LogP contribution >= 0.6 is 0 Å². The molecule has 4 rings (SSSR count). The molecule has 3 fully saturated rings. The van der Waals surface area contributed by atoms with Crippen molar-refractivity contribution in [3.05, 3.63) is 23.8 Å². The lowest BCUT2D eigenvalue weighted by Gasteiger charge is -2.44. The van der Waals surface area contributed by atoms with Gasteiger partial charge in [-0.05, 0) is 44.0 Å². The highest BCUT2D eigenvalue weighted by Gasteiger charge is 2.38. The normalized spacial score (nSPS) is 28.2. The van der Waals surface area contributed by atoms with E-state index in [-0.39, 0.29) is 11.7 Å². The monoisotopic (exact) mass is 275 g/mol. The standard InChI is InChI=1S/C16H21NO3/c1-19-13-7-12(8-14(9-13)20-2)16(18)15-10-17-5-3-11(15)4-6-17/h7-9,11,15H,3-6,10H2,1-2H3. The van der Waals surface area contributed by atoms with E-state index in [1.807, 2.05) is 12.1 Å². The van der Waals surface area contributed by atoms with Crippen molar-refractivity contribution < 1.29 is 14.3 Å². The number of nitrogens with zero attached hydrogens (tertiary/aromatic N) is 1. The molecule has 1 unspecified atom stereocenters. The van der Waals surface area contributed by atoms with E-state index in [2.05, 4.69) is 4.90 Å². The van der Waals surface area contributed by atoms with Crippen LogP contribution in [-0.2, 0) is 0 Å². The van der Waals surface area contributed by atoms with Gasteiger partial charge in [0.2, 0.25) is 0 Å². The predicted octanol–water partition coefficient (Wildman–Crippen LogP) is 2.23. The summed E-state index contributed by atoms with van der Waals surface area (Å²) in [5, 5.41) is 0. The molecule has 4 heteroatoms. The van der Waals surface area contributed by atoms with Crippen LogP contribution in [0.3, 0.4) is 0 Å². The average Bonchev–Trinajstić information content (AvgIpc) is 2.54. The molecule has 0 aromatic heterocycles. The number of piperidine rings is 3. The molecule has 0 aliphatic carbocycles. The number of carbonyl (C=O) groups excluding carboxylic acids is 1. The van der Waals surface area contributed by atoms with E-state index in [0.29, 0.717) is 23.0 Å². The van der Waals surface area contributed by atoms with Gasteiger partial charge in [0.15, 0.2) is 5.78 Å². The number of hydrogen-bond acceptors (Lipinski definition) is 4. The molecule has 3 aliphatic rings. The number of benzene rings is 1. The smallest absolute Gasteiger partial charge is 0.167 e. The predicted molar refractivity (Wildman–Crippen MR) is 76.5 cm³/mol. The van der Waals surface area contributed by atoms with Crippen LogP contribution < -0.4 is 9.47 Å². The number of carbonyl (C=O) groups is 1. The molecule has 2 bridgehead atoms. The molecule has 3 aliphatic heterocycles. The summed E-state index contributed by atoms with van der Waals surface area (Å²) in [6.45, 7) is 3.20. The Kier molecular flexibility index (Phi) is 3.66. The van der Waals surface area contributed by atoms with Crippen molar-refractivity contribution >= 4 is 5.78 Å². The summed E-state index contributed by atoms with van der Waals surface area (Å²) >= 11 is 0. The van der Waals surface area contributed by atoms with Gasteiger partial charge >= 0.3 is 0 Å². The van der Waals surface area contributed by atoms with Gasteiger partial charge in [-0.15, -0.1) is 0 Å². The third kappa shape index (κ3) is 2.40. The molecular weight excluding hydrogens is 254 g/mol. The first-order chi connectivity index (χ1) is 9.71. The number of ether oxygens (including phenoxy) is 2. The molecule has 3 heterocycles. The highest BCUT2D eigenvalue weighted by Crippen LogP contribution is 2.35. The van der Waals surface area contributed by atoms with Crippen molar-refractivity contribution in [2.24, 2.45) is 11.8 Å². The Morgan fingerprint density at radius 1 is 1.10 bits per heavy atom. The minimum Gasteiger partial charge on any atom is -0.497 e. The minimum absolute atomic E-state index is 0.134. The molecule has 108 valence electrons. The summed E-state index contributed by atoms with van der Waals surface area (Å²) < 4.78 is 10.5. The van der Waals surface area contributed by atoms with E-state index in [1.54, 1.807) is 20.3 Å². The quantitative estimate of drug-likeness (QED) is 0.790. The fourth-order valence-corrected chi connectivity index (χ4v) is 3.43. The Hall–Kier alpha value is -1.55. The SMILES string of the molecule is COc1cc(OC)cc(C(=O)C2CN3CCC2CC3)c1. The Labute approximate surface area is 119 Å². The fraction of sp³-hybridized carbons (Fsp3) is 0.562. The number of ketones is 1. The molecule has 0 spiro atoms. The Balaban J connectivity index is 1.86. The number of Topliss-reactive ketones (excluding diaryl/α,β-unsaturated/α-hetero) is 1. The summed E-state index contributed by atoms with van der Waals surface area (Å²) in [6, 6.07) is 5.44. The third-order valence-electron chi connectivity index (χ3n) is 4.63. The zero-order chi connectivity index (χ0) is 14.1. The first kappa shape index (κ1) is 13.4. The summed E-state index contributed by atoms with van der Waals surface area (Å²) in [5.41, 5.74) is 0.708. The van der Waals surface area contributed by atoms with E-state index >= 15 is 0 Å². The van der Waals surface area contributed by atoms with Gasteiger partial charge in [0.05, 0.1) is 14.2 Å². The second kappa shape index (κ2) is 5.44. The zero-order valence-corrected chi connectivity index (χ0v) is 12.1. The van der Waals surface area contributed by atoms with Crippen molar-refractivity contribution in [3.8, 4) is 11.5 Å². The summed E-state index contributed by atoms with van der Waals surface area (Å²) in [5.74, 6) is 2.26. The molecule has 1 atom stereocenters. The molecule has 4 nitrogen and oxygen atoms in total. The van der Waals surface area contributed by atoms with Gasteiger partial charge in [0.1, 0.15) is 11.5 Å². The molecule has 0 amide bonds. The van der Waals surface area contributed by atoms with Crippen LogP contribution in [0.2, 0.25) is 0 Å². The first-order valence-corrected chi connectivity index (χ1v) is 7.21. The molecule has 3 saturated heterocycles. The molecule has 1 aromatic carbocycles. The Morgan fingerprint density at radius 3 is 2.15 bits per heavy atom. The second-order valence-corrected chi connectivity index (χ2v) is 5.71. The van der Waals surface area contributed by atoms with Gasteiger partial charge < -0.3 is 14.4 Å². The number of fused-ring (bicyclic) bond motifs is 3. The first-order valence-electron chi connectivity index (χ1n) is 7.21. The topological polar surface area (TPSA) is 38.8 Å². The van der Waals surface area contributed by atoms with E-state index in [9.17, 15) is 4.79 Å². The number of methoxy groups -OCH3 is 2. The van der Waals surface area contributed by atoms with Crippen LogP contribution in [0.4, 0.5) is 0 Å². The van der Waals surface area contributed by atoms with Crippen LogP contribution in [0.25, 0.3) is 0 Å². The largest absolute Gasteiger partial charge is 0.497 e. The summed E-state index contributed by atoms with van der Waals surface area (Å²) in [4.78, 5) is 15.2. The third-order valence-corrected chi connectivity index (χ3v) is 4.63. The average molecular weight is 275 g/mol. The van der Waals surface area contributed by atoms with Crippen molar-refractivity contribution in [2.45, 2.75) is 12.8 Å². The molecular formula is C16H21NO3. The van der Waals surface area contributed by atoms with Crippen molar-refractivity contribution in [2.75, 3.05) is 33.9 Å². The van der Waals surface area contributed by atoms with Gasteiger partial charge in [-0.1, -0.05) is 0 Å². The lowest BCUT2D eigenvalue weighted by molar-refractivity contribution is 0.0418. The molecule has 20 heavy (non-hydrogen) atoms. The van der Waals surface area contributed by atoms with Crippen LogP contribution in [-0.4, -0.2) is 44.5 Å². The van der Waals surface area contributed by atoms with E-state index in [0.717, 1.165) is 32.5 Å². The van der Waals surface area contributed by atoms with Crippen molar-refractivity contribution in [3.63, 3.8) is 0 Å². The van der Waals surface area contributed by atoms with Gasteiger partial charge in [-0.2, -0.15) is 0 Å². The van der Waals surface area contributed by atoms with Crippen molar-refractivity contribution in [1.29, 1.82) is 0 Å². The number of rotatable bonds is 4. The van der Waals surface area contributed by atoms with Crippen LogP contribution in [0.1, 0.15) is 23.2 Å². The van der Waals surface area contributed by atoms with Gasteiger partial charge in [0, 0.05) is 24.1 Å². The highest BCUT2D eigenvalue weighted by atomic mass is 16.5. The lowest BCUT2D eigenvalue weighted by Crippen LogP contribution is -2.50. The Morgan fingerprint density at radius 2 is 1.70 bits per heavy atom. The van der Waals surface area contributed by atoms with Gasteiger partial charge in [0.25, 0.3) is 0 Å². The Bertz CT molecular complexity index is 484. The number of hydrogen-bond donors (Lipinski definition) is 0. The fourth-order valence-electron chi connectivity index (χ4n) is 3.43. The minimum atomic E-state index is 0.134. The van der Waals surface area contributed by atoms with E-state index in [1.165, 1.54) is 0 Å². The summed E-state index contributed by atoms with van der Waals surface area (Å²) in [7, 11) is 3.22. The van der Waals surface area contributed by atoms with Crippen molar-refractivity contribution in [1.82, 2.24) is 4.90 Å². The van der Waals surface area contributed by atoms with Gasteiger partial charge in [-0.3, -0.25) is 4.79 Å². The molecule has 0 radical (unpaired) electrons. The summed E-state index contributed by atoms with van der Waals surface area (Å²) in [6.07, 6.45) is 2.30. The highest BCUT2D eigenvalue weighted by molar-refractivity contribution is 5.99. The molecule has 1 aromatic rings. The van der Waals surface area contributed by atoms with E-state index in [4.69, 9.17) is 9.47 Å². The maximum absolute atomic E-state index is 12.8. The molecule has 0 N–H and O–H groups in total. The van der Waals surface area contributed by atoms with Crippen LogP contribution in [0, 0.1) is 11.8 Å². The second-order valence-electron chi connectivity index (χ2n) is 5.71. The maximum atomic E-state index is 12.8. The van der Waals surface area contributed by atoms with Crippen LogP contribution in [0.5, 0.6) is 11.5 Å². The van der Waals surface area contributed by atoms with E-state index < -0.39 is 0 Å². The molecule has 0 saturated carbocycles. The lowest BCUT2D eigenvalue weighted by atomic mass is 9.75. The maximum Gasteiger partial charge on any atom is 0.167 e. The van der Waals surface area contributed by atoms with Crippen LogP contribution in [0.15, 0.2) is 18.2 Å². The van der Waals surface area contributed by atoms with Gasteiger partial charge in [-0.25, -0.2) is 0 Å². The zero-order valence-electron chi connectivity index (χ0n) is 12.1.